The van der Waals surface area contributed by atoms with Crippen LogP contribution in [0.2, 0.25) is 0 Å². The molecule has 0 aliphatic carbocycles. The lowest BCUT2D eigenvalue weighted by Crippen LogP contribution is -2.26. The monoisotopic (exact) mass is 304 g/mol. The maximum Gasteiger partial charge on any atom is 0.115 e. The second kappa shape index (κ2) is 7.69. The molecule has 4 heteroatoms. The minimum absolute atomic E-state index is 0.143. The second-order valence-corrected chi connectivity index (χ2v) is 6.44. The van der Waals surface area contributed by atoms with Crippen LogP contribution in [0.5, 0.6) is 0 Å². The minimum Gasteiger partial charge on any atom is -0.383 e. The van der Waals surface area contributed by atoms with Crippen LogP contribution in [0.3, 0.4) is 0 Å². The number of aromatic nitrogens is 1. The van der Waals surface area contributed by atoms with E-state index in [1.165, 1.54) is 21.7 Å². The lowest BCUT2D eigenvalue weighted by molar-refractivity contribution is 0.197. The molecule has 2 rings (SSSR count). The number of methoxy groups -OCH3 is 1. The molecule has 114 valence electrons. The number of rotatable bonds is 7. The predicted octanol–water partition coefficient (Wildman–Crippen LogP) is 3.65. The summed E-state index contributed by atoms with van der Waals surface area (Å²) in [6.07, 6.45) is 0.987. The molecule has 1 aromatic heterocycles. The predicted molar refractivity (Wildman–Crippen MR) is 89.1 cm³/mol. The van der Waals surface area contributed by atoms with E-state index in [1.807, 2.05) is 0 Å². The molecule has 0 bridgehead atoms. The van der Waals surface area contributed by atoms with Gasteiger partial charge in [-0.25, -0.2) is 4.98 Å². The molecule has 0 fully saturated rings. The first-order valence-electron chi connectivity index (χ1n) is 7.40. The highest BCUT2D eigenvalue weighted by molar-refractivity contribution is 7.11. The Labute approximate surface area is 131 Å². The summed E-state index contributed by atoms with van der Waals surface area (Å²) in [5.74, 6) is 0. The van der Waals surface area contributed by atoms with E-state index in [1.54, 1.807) is 18.4 Å². The fourth-order valence-corrected chi connectivity index (χ4v) is 3.52. The molecule has 0 radical (unpaired) electrons. The van der Waals surface area contributed by atoms with E-state index >= 15 is 0 Å². The maximum absolute atomic E-state index is 5.16. The van der Waals surface area contributed by atoms with Crippen LogP contribution in [-0.4, -0.2) is 25.2 Å². The van der Waals surface area contributed by atoms with Gasteiger partial charge in [-0.3, -0.25) is 0 Å². The average molecular weight is 304 g/mol. The number of nitrogens with one attached hydrogen (secondary N) is 1. The van der Waals surface area contributed by atoms with Crippen molar-refractivity contribution in [1.29, 1.82) is 0 Å². The van der Waals surface area contributed by atoms with Crippen LogP contribution in [0.25, 0.3) is 0 Å². The van der Waals surface area contributed by atoms with Crippen LogP contribution in [-0.2, 0) is 11.2 Å². The zero-order valence-corrected chi connectivity index (χ0v) is 14.1. The Hall–Kier alpha value is -1.23. The maximum atomic E-state index is 5.16. The Balaban J connectivity index is 2.30. The van der Waals surface area contributed by atoms with Gasteiger partial charge in [-0.05, 0) is 25.8 Å². The highest BCUT2D eigenvalue weighted by Crippen LogP contribution is 2.28. The van der Waals surface area contributed by atoms with E-state index in [2.05, 4.69) is 50.4 Å². The molecule has 1 unspecified atom stereocenters. The lowest BCUT2D eigenvalue weighted by Gasteiger charge is -2.17. The topological polar surface area (TPSA) is 34.2 Å². The summed E-state index contributed by atoms with van der Waals surface area (Å²) in [6.45, 7) is 7.96. The van der Waals surface area contributed by atoms with Crippen molar-refractivity contribution in [3.63, 3.8) is 0 Å². The first kappa shape index (κ1) is 16.1. The van der Waals surface area contributed by atoms with Crippen molar-refractivity contribution in [3.8, 4) is 0 Å². The SMILES string of the molecule is CCc1nc(C(NCCOC)c2cccc(C)c2)sc1C. The van der Waals surface area contributed by atoms with Crippen molar-refractivity contribution in [2.24, 2.45) is 0 Å². The summed E-state index contributed by atoms with van der Waals surface area (Å²) < 4.78 is 5.16. The molecular formula is C17H24N2OS. The molecule has 1 atom stereocenters. The third-order valence-electron chi connectivity index (χ3n) is 3.52. The average Bonchev–Trinajstić information content (AvgIpc) is 2.84. The summed E-state index contributed by atoms with van der Waals surface area (Å²) >= 11 is 1.79. The van der Waals surface area contributed by atoms with Gasteiger partial charge in [0.05, 0.1) is 18.3 Å². The zero-order chi connectivity index (χ0) is 15.2. The lowest BCUT2D eigenvalue weighted by atomic mass is 10.0. The molecule has 0 aliphatic heterocycles. The Kier molecular flexibility index (Phi) is 5.91. The summed E-state index contributed by atoms with van der Waals surface area (Å²) in [5, 5.41) is 4.71. The van der Waals surface area contributed by atoms with Crippen molar-refractivity contribution >= 4 is 11.3 Å². The second-order valence-electron chi connectivity index (χ2n) is 5.20. The Morgan fingerprint density at radius 1 is 1.33 bits per heavy atom. The van der Waals surface area contributed by atoms with Crippen LogP contribution in [0.15, 0.2) is 24.3 Å². The van der Waals surface area contributed by atoms with E-state index < -0.39 is 0 Å². The molecule has 1 aromatic carbocycles. The van der Waals surface area contributed by atoms with Gasteiger partial charge in [0.2, 0.25) is 0 Å². The number of hydrogen-bond donors (Lipinski definition) is 1. The Bertz CT molecular complexity index is 580. The third-order valence-corrected chi connectivity index (χ3v) is 4.60. The van der Waals surface area contributed by atoms with Gasteiger partial charge < -0.3 is 10.1 Å². The first-order chi connectivity index (χ1) is 10.2. The van der Waals surface area contributed by atoms with Crippen molar-refractivity contribution in [3.05, 3.63) is 51.0 Å². The molecule has 1 N–H and O–H groups in total. The molecule has 0 spiro atoms. The number of benzene rings is 1. The number of ether oxygens (including phenoxy) is 1. The Morgan fingerprint density at radius 3 is 2.76 bits per heavy atom. The van der Waals surface area contributed by atoms with Gasteiger partial charge in [0.25, 0.3) is 0 Å². The van der Waals surface area contributed by atoms with Gasteiger partial charge in [-0.1, -0.05) is 36.8 Å². The standard InChI is InChI=1S/C17H24N2OS/c1-5-15-13(3)21-17(19-15)16(18-9-10-20-4)14-8-6-7-12(2)11-14/h6-8,11,16,18H,5,9-10H2,1-4H3. The van der Waals surface area contributed by atoms with E-state index in [-0.39, 0.29) is 6.04 Å². The number of thiazole rings is 1. The number of aryl methyl sites for hydroxylation is 3. The molecule has 0 saturated carbocycles. The van der Waals surface area contributed by atoms with Crippen molar-refractivity contribution in [1.82, 2.24) is 10.3 Å². The van der Waals surface area contributed by atoms with E-state index in [0.29, 0.717) is 6.61 Å². The number of nitrogens with zero attached hydrogens (tertiary/aromatic N) is 1. The van der Waals surface area contributed by atoms with E-state index in [0.717, 1.165) is 18.0 Å². The largest absolute Gasteiger partial charge is 0.383 e. The van der Waals surface area contributed by atoms with Crippen LogP contribution in [0.1, 0.15) is 39.7 Å². The molecule has 0 saturated heterocycles. The fraction of sp³-hybridized carbons (Fsp3) is 0.471. The van der Waals surface area contributed by atoms with Gasteiger partial charge in [0, 0.05) is 18.5 Å². The van der Waals surface area contributed by atoms with Crippen LogP contribution in [0.4, 0.5) is 0 Å². The smallest absolute Gasteiger partial charge is 0.115 e. The highest BCUT2D eigenvalue weighted by Gasteiger charge is 2.18. The van der Waals surface area contributed by atoms with Gasteiger partial charge in [0.15, 0.2) is 0 Å². The molecule has 0 aliphatic rings. The van der Waals surface area contributed by atoms with E-state index in [4.69, 9.17) is 9.72 Å². The molecule has 3 nitrogen and oxygen atoms in total. The first-order valence-corrected chi connectivity index (χ1v) is 8.22. The van der Waals surface area contributed by atoms with Crippen LogP contribution in [0, 0.1) is 13.8 Å². The molecule has 1 heterocycles. The summed E-state index contributed by atoms with van der Waals surface area (Å²) in [7, 11) is 1.73. The third kappa shape index (κ3) is 4.13. The van der Waals surface area contributed by atoms with E-state index in [9.17, 15) is 0 Å². The van der Waals surface area contributed by atoms with Crippen LogP contribution < -0.4 is 5.32 Å². The molecule has 2 aromatic rings. The quantitative estimate of drug-likeness (QED) is 0.793. The molecular weight excluding hydrogens is 280 g/mol. The fourth-order valence-electron chi connectivity index (χ4n) is 2.40. The van der Waals surface area contributed by atoms with Gasteiger partial charge >= 0.3 is 0 Å². The number of hydrogen-bond acceptors (Lipinski definition) is 4. The summed E-state index contributed by atoms with van der Waals surface area (Å²) in [6, 6.07) is 8.77. The van der Waals surface area contributed by atoms with Crippen LogP contribution >= 0.6 is 11.3 Å². The Morgan fingerprint density at radius 2 is 2.14 bits per heavy atom. The van der Waals surface area contributed by atoms with Crippen molar-refractivity contribution in [2.45, 2.75) is 33.2 Å². The minimum atomic E-state index is 0.143. The zero-order valence-electron chi connectivity index (χ0n) is 13.3. The van der Waals surface area contributed by atoms with Gasteiger partial charge in [-0.2, -0.15) is 0 Å². The molecule has 21 heavy (non-hydrogen) atoms. The van der Waals surface area contributed by atoms with Gasteiger partial charge in [0.1, 0.15) is 5.01 Å². The summed E-state index contributed by atoms with van der Waals surface area (Å²) in [4.78, 5) is 6.15. The summed E-state index contributed by atoms with van der Waals surface area (Å²) in [5.41, 5.74) is 3.75. The van der Waals surface area contributed by atoms with Gasteiger partial charge in [-0.15, -0.1) is 11.3 Å². The van der Waals surface area contributed by atoms with Crippen molar-refractivity contribution < 1.29 is 4.74 Å². The highest BCUT2D eigenvalue weighted by atomic mass is 32.1. The van der Waals surface area contributed by atoms with Crippen molar-refractivity contribution in [2.75, 3.05) is 20.3 Å². The normalized spacial score (nSPS) is 12.6. The molecule has 0 amide bonds.